The number of fused-ring (bicyclic) bond motifs is 4. The summed E-state index contributed by atoms with van der Waals surface area (Å²) in [7, 11) is 5.44. The van der Waals surface area contributed by atoms with Crippen molar-refractivity contribution in [2.24, 2.45) is 17.8 Å². The molecule has 18 heteroatoms. The van der Waals surface area contributed by atoms with E-state index in [1.54, 1.807) is 54.6 Å². The molecule has 6 unspecified atom stereocenters. The van der Waals surface area contributed by atoms with Gasteiger partial charge in [-0.15, -0.1) is 23.2 Å². The van der Waals surface area contributed by atoms with Crippen LogP contribution in [-0.2, 0) is 19.2 Å². The average Bonchev–Trinajstić information content (AvgIpc) is 3.61. The Morgan fingerprint density at radius 3 is 1.87 bits per heavy atom. The van der Waals surface area contributed by atoms with Crippen molar-refractivity contribution in [1.29, 1.82) is 0 Å². The summed E-state index contributed by atoms with van der Waals surface area (Å²) in [6.07, 6.45) is 4.29. The maximum atomic E-state index is 15.5. The van der Waals surface area contributed by atoms with Gasteiger partial charge in [0.25, 0.3) is 11.8 Å². The molecule has 0 aromatic heterocycles. The van der Waals surface area contributed by atoms with Gasteiger partial charge in [0.05, 0.1) is 46.0 Å². The van der Waals surface area contributed by atoms with Crippen LogP contribution < -0.4 is 28.7 Å². The molecule has 4 aromatic rings. The molecule has 2 aliphatic carbocycles. The number of carbonyl (C=O) groups excluding carboxylic acids is 4. The second kappa shape index (κ2) is 15.3. The van der Waals surface area contributed by atoms with Crippen molar-refractivity contribution >= 4 is 70.4 Å². The minimum atomic E-state index is -2.85. The van der Waals surface area contributed by atoms with E-state index in [2.05, 4.69) is 0 Å². The van der Waals surface area contributed by atoms with E-state index < -0.39 is 98.2 Å². The quantitative estimate of drug-likeness (QED) is 0.0337. The Morgan fingerprint density at radius 1 is 0.694 bits per heavy atom. The normalized spacial score (nSPS) is 25.5. The van der Waals surface area contributed by atoms with E-state index in [1.165, 1.54) is 34.5 Å². The molecule has 0 radical (unpaired) electrons. The number of methoxy groups -OCH3 is 4. The minimum absolute atomic E-state index is 0.105. The number of hydrogen-bond donors (Lipinski definition) is 1. The van der Waals surface area contributed by atoms with Gasteiger partial charge in [0.15, 0.2) is 33.0 Å². The standard InChI is InChI=1S/C44H33Cl2F5N2O9/c1-59-23-11-14-27(60-2)20(15-23)8-5-19-6-9-21(10-7-19)52-39(55)25-13-12-24-26(30(25)40(52)56)18-43(45)41(57)53(38-36(50)34(48)33(47)35(49)37(38)51)42(58)44(43,46)32(24)31-28(61-3)16-22(54)17-29(31)62-4/h5-12,14-17,25-26,30,32,54H,13,18H2,1-4H3. The minimum Gasteiger partial charge on any atom is -0.508 e. The highest BCUT2D eigenvalue weighted by Crippen LogP contribution is 2.68. The number of halogens is 7. The first-order chi connectivity index (χ1) is 29.5. The van der Waals surface area contributed by atoms with Crippen LogP contribution in [0.3, 0.4) is 0 Å². The second-order valence-corrected chi connectivity index (χ2v) is 16.2. The zero-order valence-electron chi connectivity index (χ0n) is 32.9. The van der Waals surface area contributed by atoms with Crippen molar-refractivity contribution in [2.75, 3.05) is 38.2 Å². The number of benzene rings is 4. The molecule has 1 saturated carbocycles. The molecule has 4 aliphatic rings. The first-order valence-corrected chi connectivity index (χ1v) is 19.6. The molecule has 8 rings (SSSR count). The number of phenols is 1. The lowest BCUT2D eigenvalue weighted by molar-refractivity contribution is -0.125. The fourth-order valence-electron chi connectivity index (χ4n) is 9.24. The fourth-order valence-corrected chi connectivity index (χ4v) is 10.2. The number of amides is 4. The van der Waals surface area contributed by atoms with Gasteiger partial charge in [-0.1, -0.05) is 35.9 Å². The van der Waals surface area contributed by atoms with Gasteiger partial charge in [-0.05, 0) is 54.7 Å². The Labute approximate surface area is 359 Å². The summed E-state index contributed by atoms with van der Waals surface area (Å²) in [5.74, 6) is -21.9. The molecular formula is C44H33Cl2F5N2O9. The predicted octanol–water partition coefficient (Wildman–Crippen LogP) is 8.06. The van der Waals surface area contributed by atoms with Crippen LogP contribution in [0.25, 0.3) is 12.2 Å². The van der Waals surface area contributed by atoms with Crippen LogP contribution in [0.2, 0.25) is 0 Å². The Morgan fingerprint density at radius 2 is 1.29 bits per heavy atom. The van der Waals surface area contributed by atoms with Crippen LogP contribution in [0, 0.1) is 46.8 Å². The monoisotopic (exact) mass is 898 g/mol. The lowest BCUT2D eigenvalue weighted by Crippen LogP contribution is -2.60. The molecule has 11 nitrogen and oxygen atoms in total. The van der Waals surface area contributed by atoms with E-state index in [4.69, 9.17) is 42.1 Å². The van der Waals surface area contributed by atoms with E-state index in [9.17, 15) is 37.5 Å². The summed E-state index contributed by atoms with van der Waals surface area (Å²) >= 11 is 14.6. The lowest BCUT2D eigenvalue weighted by atomic mass is 9.56. The van der Waals surface area contributed by atoms with Crippen molar-refractivity contribution in [3.63, 3.8) is 0 Å². The summed E-state index contributed by atoms with van der Waals surface area (Å²) in [5, 5.41) is 10.5. The lowest BCUT2D eigenvalue weighted by Gasteiger charge is -2.51. The van der Waals surface area contributed by atoms with Gasteiger partial charge in [-0.25, -0.2) is 26.9 Å². The fraction of sp³-hybridized carbons (Fsp3) is 0.273. The highest BCUT2D eigenvalue weighted by Gasteiger charge is 2.77. The first kappa shape index (κ1) is 42.6. The summed E-state index contributed by atoms with van der Waals surface area (Å²) in [6, 6.07) is 14.0. The number of ether oxygens (including phenoxy) is 4. The molecule has 3 fully saturated rings. The molecular weight excluding hydrogens is 866 g/mol. The van der Waals surface area contributed by atoms with Gasteiger partial charge in [0.1, 0.15) is 34.4 Å². The SMILES string of the molecule is COc1ccc(OC)c(C=Cc2ccc(N3C(=O)C4CC=C5C(CC6(Cl)C(=O)N(c7c(F)c(F)c(F)c(F)c7F)C(=O)C6(Cl)C5c5c(OC)cc(O)cc5OC)C4C3=O)cc2)c1. The highest BCUT2D eigenvalue weighted by molar-refractivity contribution is 6.58. The third kappa shape index (κ3) is 5.97. The molecule has 322 valence electrons. The molecule has 2 saturated heterocycles. The number of rotatable bonds is 9. The van der Waals surface area contributed by atoms with Crippen LogP contribution in [0.5, 0.6) is 28.7 Å². The van der Waals surface area contributed by atoms with Crippen LogP contribution in [0.15, 0.2) is 66.2 Å². The van der Waals surface area contributed by atoms with Crippen molar-refractivity contribution in [1.82, 2.24) is 0 Å². The number of anilines is 2. The molecule has 6 atom stereocenters. The van der Waals surface area contributed by atoms with E-state index in [0.717, 1.165) is 22.6 Å². The smallest absolute Gasteiger partial charge is 0.258 e. The highest BCUT2D eigenvalue weighted by atomic mass is 35.5. The van der Waals surface area contributed by atoms with E-state index in [1.807, 2.05) is 0 Å². The molecule has 4 aromatic carbocycles. The number of carbonyl (C=O) groups is 4. The zero-order chi connectivity index (χ0) is 44.7. The number of nitrogens with zero attached hydrogens (tertiary/aromatic N) is 2. The summed E-state index contributed by atoms with van der Waals surface area (Å²) < 4.78 is 96.4. The Balaban J connectivity index is 1.23. The Hall–Kier alpha value is -6.13. The zero-order valence-corrected chi connectivity index (χ0v) is 34.4. The van der Waals surface area contributed by atoms with E-state index in [0.29, 0.717) is 17.1 Å². The first-order valence-electron chi connectivity index (χ1n) is 18.8. The summed E-state index contributed by atoms with van der Waals surface area (Å²) in [6.45, 7) is 0. The molecule has 0 bridgehead atoms. The third-order valence-corrected chi connectivity index (χ3v) is 13.5. The molecule has 2 heterocycles. The molecule has 0 spiro atoms. The van der Waals surface area contributed by atoms with Gasteiger partial charge in [-0.2, -0.15) is 0 Å². The summed E-state index contributed by atoms with van der Waals surface area (Å²) in [5.41, 5.74) is -0.252. The summed E-state index contributed by atoms with van der Waals surface area (Å²) in [4.78, 5) is 53.3. The molecule has 2 aliphatic heterocycles. The number of phenolic OH excluding ortho intramolecular Hbond substituents is 1. The van der Waals surface area contributed by atoms with Gasteiger partial charge in [0, 0.05) is 29.2 Å². The number of alkyl halides is 2. The van der Waals surface area contributed by atoms with Crippen LogP contribution >= 0.6 is 23.2 Å². The predicted molar refractivity (Wildman–Crippen MR) is 215 cm³/mol. The number of allylic oxidation sites excluding steroid dienone is 2. The van der Waals surface area contributed by atoms with Gasteiger partial charge >= 0.3 is 0 Å². The van der Waals surface area contributed by atoms with Crippen molar-refractivity contribution in [3.05, 3.63) is 112 Å². The Bertz CT molecular complexity index is 2630. The van der Waals surface area contributed by atoms with Crippen LogP contribution in [0.1, 0.15) is 35.4 Å². The second-order valence-electron chi connectivity index (χ2n) is 15.0. The van der Waals surface area contributed by atoms with Crippen LogP contribution in [0.4, 0.5) is 33.3 Å². The van der Waals surface area contributed by atoms with Gasteiger partial charge in [-0.3, -0.25) is 24.1 Å². The maximum Gasteiger partial charge on any atom is 0.258 e. The van der Waals surface area contributed by atoms with Crippen LogP contribution in [-0.4, -0.2) is 66.9 Å². The van der Waals surface area contributed by atoms with E-state index >= 15 is 8.78 Å². The van der Waals surface area contributed by atoms with Gasteiger partial charge in [0.2, 0.25) is 17.6 Å². The largest absolute Gasteiger partial charge is 0.508 e. The topological polar surface area (TPSA) is 132 Å². The number of hydrogen-bond acceptors (Lipinski definition) is 9. The van der Waals surface area contributed by atoms with Crippen molar-refractivity contribution in [3.8, 4) is 28.7 Å². The number of imide groups is 2. The van der Waals surface area contributed by atoms with E-state index in [-0.39, 0.29) is 45.4 Å². The number of aromatic hydroxyl groups is 1. The average molecular weight is 900 g/mol. The maximum absolute atomic E-state index is 15.5. The molecule has 1 N–H and O–H groups in total. The molecule has 62 heavy (non-hydrogen) atoms. The van der Waals surface area contributed by atoms with Crippen molar-refractivity contribution < 1.29 is 65.2 Å². The van der Waals surface area contributed by atoms with Crippen molar-refractivity contribution in [2.45, 2.75) is 28.5 Å². The Kier molecular flexibility index (Phi) is 10.5. The third-order valence-electron chi connectivity index (χ3n) is 12.1. The van der Waals surface area contributed by atoms with Gasteiger partial charge < -0.3 is 24.1 Å². The molecule has 4 amide bonds.